The molecule has 0 aliphatic rings. The minimum absolute atomic E-state index is 0.705. The van der Waals surface area contributed by atoms with Crippen molar-refractivity contribution in [3.63, 3.8) is 0 Å². The first-order chi connectivity index (χ1) is 28.2. The number of rotatable bonds is 4. The van der Waals surface area contributed by atoms with E-state index in [4.69, 9.17) is 14.4 Å². The van der Waals surface area contributed by atoms with Crippen LogP contribution in [0.15, 0.2) is 199 Å². The zero-order chi connectivity index (χ0) is 37.5. The Bertz CT molecular complexity index is 3550. The molecule has 2 heterocycles. The number of para-hydroxylation sites is 1. The van der Waals surface area contributed by atoms with Crippen LogP contribution in [0, 0.1) is 0 Å². The topological polar surface area (TPSA) is 38.9 Å². The van der Waals surface area contributed by atoms with Crippen LogP contribution in [0.5, 0.6) is 0 Å². The molecule has 0 saturated heterocycles. The summed E-state index contributed by atoms with van der Waals surface area (Å²) >= 11 is 0. The second-order valence-electron chi connectivity index (χ2n) is 14.9. The molecule has 0 aliphatic carbocycles. The van der Waals surface area contributed by atoms with Crippen LogP contribution in [0.4, 0.5) is 0 Å². The number of aromatic nitrogens is 2. The van der Waals surface area contributed by atoms with Gasteiger partial charge in [-0.15, -0.1) is 0 Å². The number of benzene rings is 10. The summed E-state index contributed by atoms with van der Waals surface area (Å²) in [5, 5.41) is 13.0. The first kappa shape index (κ1) is 31.7. The molecule has 2 aromatic heterocycles. The van der Waals surface area contributed by atoms with Crippen molar-refractivity contribution in [1.82, 2.24) is 9.97 Å². The molecule has 264 valence electrons. The summed E-state index contributed by atoms with van der Waals surface area (Å²) < 4.78 is 6.26. The van der Waals surface area contributed by atoms with Crippen LogP contribution < -0.4 is 0 Å². The lowest BCUT2D eigenvalue weighted by molar-refractivity contribution is 0.669. The van der Waals surface area contributed by atoms with Crippen molar-refractivity contribution in [2.45, 2.75) is 0 Å². The largest absolute Gasteiger partial charge is 0.456 e. The van der Waals surface area contributed by atoms with Crippen molar-refractivity contribution >= 4 is 75.9 Å². The van der Waals surface area contributed by atoms with E-state index in [-0.39, 0.29) is 0 Å². The van der Waals surface area contributed by atoms with Crippen LogP contribution in [-0.2, 0) is 0 Å². The molecule has 0 fully saturated rings. The normalized spacial score (nSPS) is 11.9. The third-order valence-electron chi connectivity index (χ3n) is 11.6. The highest BCUT2D eigenvalue weighted by atomic mass is 16.3. The van der Waals surface area contributed by atoms with E-state index in [1.165, 1.54) is 32.3 Å². The molecular weight excluding hydrogens is 693 g/mol. The molecule has 3 nitrogen and oxygen atoms in total. The Morgan fingerprint density at radius 2 is 0.807 bits per heavy atom. The maximum Gasteiger partial charge on any atom is 0.160 e. The van der Waals surface area contributed by atoms with Gasteiger partial charge in [-0.25, -0.2) is 9.97 Å². The number of hydrogen-bond acceptors (Lipinski definition) is 3. The SMILES string of the molecule is c1ccc(-c2nc(-c3cc(-c4ccc5oc6ccccc6c5c4)cc(-c4ccc5c6ccccc6c6ccccc6c5c4)c3)c3ccc4ccccc4c3n2)cc1. The van der Waals surface area contributed by atoms with Gasteiger partial charge in [-0.2, -0.15) is 0 Å². The van der Waals surface area contributed by atoms with Gasteiger partial charge in [0.1, 0.15) is 11.2 Å². The average Bonchev–Trinajstić information content (AvgIpc) is 3.67. The number of fused-ring (bicyclic) bond motifs is 12. The highest BCUT2D eigenvalue weighted by molar-refractivity contribution is 6.25. The van der Waals surface area contributed by atoms with E-state index in [1.807, 2.05) is 30.3 Å². The Balaban J connectivity index is 1.15. The molecule has 0 unspecified atom stereocenters. The third-order valence-corrected chi connectivity index (χ3v) is 11.6. The van der Waals surface area contributed by atoms with Crippen molar-refractivity contribution in [3.8, 4) is 44.9 Å². The maximum absolute atomic E-state index is 6.26. The summed E-state index contributed by atoms with van der Waals surface area (Å²) in [6, 6.07) is 69.4. The van der Waals surface area contributed by atoms with E-state index < -0.39 is 0 Å². The lowest BCUT2D eigenvalue weighted by Crippen LogP contribution is -1.97. The van der Waals surface area contributed by atoms with Crippen molar-refractivity contribution in [1.29, 1.82) is 0 Å². The predicted octanol–water partition coefficient (Wildman–Crippen LogP) is 14.8. The molecule has 12 aromatic rings. The summed E-state index contributed by atoms with van der Waals surface area (Å²) in [7, 11) is 0. The second-order valence-corrected chi connectivity index (χ2v) is 14.9. The van der Waals surface area contributed by atoms with Gasteiger partial charge in [0.15, 0.2) is 5.82 Å². The summed E-state index contributed by atoms with van der Waals surface area (Å²) in [6.45, 7) is 0. The standard InChI is InChI=1S/C54H32N2O/c1-2-13-34(14-3-1)54-55-52(47-26-22-33-12-4-5-15-40(33)53(47)56-54)39-29-37(28-38(30-39)36-24-27-51-49(32-36)46-20-10-11-21-50(46)57-51)35-23-25-45-43-18-7-6-16-41(43)42-17-8-9-19-44(42)48(45)31-35/h1-32H. The Labute approximate surface area is 328 Å². The van der Waals surface area contributed by atoms with Crippen LogP contribution in [-0.4, -0.2) is 9.97 Å². The van der Waals surface area contributed by atoms with Gasteiger partial charge in [0.25, 0.3) is 0 Å². The van der Waals surface area contributed by atoms with E-state index in [0.29, 0.717) is 5.82 Å². The molecule has 0 amide bonds. The van der Waals surface area contributed by atoms with Crippen molar-refractivity contribution < 1.29 is 4.42 Å². The van der Waals surface area contributed by atoms with E-state index in [2.05, 4.69) is 164 Å². The zero-order valence-electron chi connectivity index (χ0n) is 30.8. The van der Waals surface area contributed by atoms with Gasteiger partial charge in [0, 0.05) is 32.7 Å². The van der Waals surface area contributed by atoms with Crippen molar-refractivity contribution in [2.75, 3.05) is 0 Å². The van der Waals surface area contributed by atoms with Crippen LogP contribution in [0.3, 0.4) is 0 Å². The number of hydrogen-bond donors (Lipinski definition) is 0. The molecule has 0 atom stereocenters. The Hall–Kier alpha value is -7.62. The monoisotopic (exact) mass is 724 g/mol. The minimum Gasteiger partial charge on any atom is -0.456 e. The van der Waals surface area contributed by atoms with Gasteiger partial charge in [-0.1, -0.05) is 146 Å². The molecular formula is C54H32N2O. The fraction of sp³-hybridized carbons (Fsp3) is 0. The summed E-state index contributed by atoms with van der Waals surface area (Å²) in [6.07, 6.45) is 0. The predicted molar refractivity (Wildman–Crippen MR) is 239 cm³/mol. The van der Waals surface area contributed by atoms with Gasteiger partial charge < -0.3 is 4.42 Å². The van der Waals surface area contributed by atoms with E-state index in [1.54, 1.807) is 0 Å². The van der Waals surface area contributed by atoms with Crippen molar-refractivity contribution in [2.24, 2.45) is 0 Å². The lowest BCUT2D eigenvalue weighted by Gasteiger charge is -2.16. The van der Waals surface area contributed by atoms with E-state index in [9.17, 15) is 0 Å². The van der Waals surface area contributed by atoms with E-state index >= 15 is 0 Å². The molecule has 0 saturated carbocycles. The summed E-state index contributed by atoms with van der Waals surface area (Å²) in [4.78, 5) is 10.6. The molecule has 12 rings (SSSR count). The average molecular weight is 725 g/mol. The molecule has 0 bridgehead atoms. The fourth-order valence-corrected chi connectivity index (χ4v) is 8.89. The van der Waals surface area contributed by atoms with Crippen LogP contribution in [0.2, 0.25) is 0 Å². The highest BCUT2D eigenvalue weighted by Crippen LogP contribution is 2.42. The molecule has 3 heteroatoms. The zero-order valence-corrected chi connectivity index (χ0v) is 30.8. The van der Waals surface area contributed by atoms with Gasteiger partial charge in [-0.3, -0.25) is 0 Å². The Morgan fingerprint density at radius 1 is 0.281 bits per heavy atom. The summed E-state index contributed by atoms with van der Waals surface area (Å²) in [5.74, 6) is 0.705. The quantitative estimate of drug-likeness (QED) is 0.170. The van der Waals surface area contributed by atoms with Gasteiger partial charge >= 0.3 is 0 Å². The minimum atomic E-state index is 0.705. The smallest absolute Gasteiger partial charge is 0.160 e. The summed E-state index contributed by atoms with van der Waals surface area (Å²) in [5.41, 5.74) is 10.1. The lowest BCUT2D eigenvalue weighted by atomic mass is 9.90. The first-order valence-corrected chi connectivity index (χ1v) is 19.4. The first-order valence-electron chi connectivity index (χ1n) is 19.4. The van der Waals surface area contributed by atoms with Gasteiger partial charge in [0.2, 0.25) is 0 Å². The molecule has 57 heavy (non-hydrogen) atoms. The van der Waals surface area contributed by atoms with E-state index in [0.717, 1.165) is 82.7 Å². The number of nitrogens with zero attached hydrogens (tertiary/aromatic N) is 2. The van der Waals surface area contributed by atoms with Gasteiger partial charge in [-0.05, 0) is 108 Å². The molecule has 10 aromatic carbocycles. The molecule has 0 aliphatic heterocycles. The second kappa shape index (κ2) is 12.5. The highest BCUT2D eigenvalue weighted by Gasteiger charge is 2.18. The Morgan fingerprint density at radius 3 is 1.54 bits per heavy atom. The molecule has 0 N–H and O–H groups in total. The molecule has 0 radical (unpaired) electrons. The Kier molecular flexibility index (Phi) is 6.93. The van der Waals surface area contributed by atoms with Crippen LogP contribution >= 0.6 is 0 Å². The van der Waals surface area contributed by atoms with Crippen LogP contribution in [0.1, 0.15) is 0 Å². The van der Waals surface area contributed by atoms with Gasteiger partial charge in [0.05, 0.1) is 11.2 Å². The molecule has 0 spiro atoms. The fourth-order valence-electron chi connectivity index (χ4n) is 8.89. The maximum atomic E-state index is 6.26. The van der Waals surface area contributed by atoms with Crippen LogP contribution in [0.25, 0.3) is 121 Å². The van der Waals surface area contributed by atoms with Crippen molar-refractivity contribution in [3.05, 3.63) is 194 Å². The third kappa shape index (κ3) is 5.06. The number of furan rings is 1.